The van der Waals surface area contributed by atoms with E-state index in [1.54, 1.807) is 0 Å². The Kier molecular flexibility index (Phi) is 5.08. The van der Waals surface area contributed by atoms with Crippen molar-refractivity contribution < 1.29 is 4.79 Å². The van der Waals surface area contributed by atoms with Crippen molar-refractivity contribution in [1.82, 2.24) is 14.5 Å². The number of anilines is 1. The molecule has 5 nitrogen and oxygen atoms in total. The molecule has 2 heterocycles. The topological polar surface area (TPSA) is 50.2 Å². The van der Waals surface area contributed by atoms with Crippen LogP contribution in [0.25, 0.3) is 11.4 Å². The average Bonchev–Trinajstić information content (AvgIpc) is 3.02. The molecule has 2 aromatic rings. The SMILES string of the molecule is CC(=O)Nc1cccc(-c2nccn2CCN2CCCCC2)c1. The summed E-state index contributed by atoms with van der Waals surface area (Å²) in [7, 11) is 0. The van der Waals surface area contributed by atoms with Crippen LogP contribution in [-0.4, -0.2) is 40.0 Å². The van der Waals surface area contributed by atoms with E-state index in [9.17, 15) is 4.79 Å². The Balaban J connectivity index is 1.71. The normalized spacial score (nSPS) is 15.5. The van der Waals surface area contributed by atoms with E-state index in [0.29, 0.717) is 0 Å². The molecule has 1 aliphatic rings. The van der Waals surface area contributed by atoms with Crippen LogP contribution in [-0.2, 0) is 11.3 Å². The fraction of sp³-hybridized carbons (Fsp3) is 0.444. The number of carbonyl (C=O) groups is 1. The van der Waals surface area contributed by atoms with Crippen LogP contribution in [0, 0.1) is 0 Å². The molecular weight excluding hydrogens is 288 g/mol. The molecule has 0 aliphatic carbocycles. The summed E-state index contributed by atoms with van der Waals surface area (Å²) in [6.07, 6.45) is 7.87. The summed E-state index contributed by atoms with van der Waals surface area (Å²) in [6.45, 7) is 5.95. The maximum Gasteiger partial charge on any atom is 0.221 e. The van der Waals surface area contributed by atoms with Gasteiger partial charge in [-0.25, -0.2) is 4.98 Å². The molecular formula is C18H24N4O. The van der Waals surface area contributed by atoms with Crippen molar-refractivity contribution in [3.05, 3.63) is 36.7 Å². The molecule has 0 bridgehead atoms. The van der Waals surface area contributed by atoms with E-state index in [-0.39, 0.29) is 5.91 Å². The van der Waals surface area contributed by atoms with Crippen molar-refractivity contribution in [2.24, 2.45) is 0 Å². The number of aromatic nitrogens is 2. The molecule has 1 saturated heterocycles. The zero-order chi connectivity index (χ0) is 16.1. The summed E-state index contributed by atoms with van der Waals surface area (Å²) in [4.78, 5) is 18.2. The molecule has 1 aromatic heterocycles. The Morgan fingerprint density at radius 3 is 2.83 bits per heavy atom. The summed E-state index contributed by atoms with van der Waals surface area (Å²) in [5, 5.41) is 2.83. The third-order valence-corrected chi connectivity index (χ3v) is 4.26. The minimum atomic E-state index is -0.0596. The maximum atomic E-state index is 11.2. The number of piperidine rings is 1. The van der Waals surface area contributed by atoms with E-state index in [0.717, 1.165) is 30.2 Å². The van der Waals surface area contributed by atoms with Gasteiger partial charge in [0, 0.05) is 43.7 Å². The van der Waals surface area contributed by atoms with E-state index in [4.69, 9.17) is 0 Å². The first-order chi connectivity index (χ1) is 11.2. The van der Waals surface area contributed by atoms with Gasteiger partial charge >= 0.3 is 0 Å². The number of carbonyl (C=O) groups excluding carboxylic acids is 1. The Morgan fingerprint density at radius 1 is 1.22 bits per heavy atom. The lowest BCUT2D eigenvalue weighted by atomic mass is 10.1. The van der Waals surface area contributed by atoms with Crippen LogP contribution in [0.3, 0.4) is 0 Å². The van der Waals surface area contributed by atoms with Gasteiger partial charge in [-0.15, -0.1) is 0 Å². The van der Waals surface area contributed by atoms with Crippen molar-refractivity contribution in [2.75, 3.05) is 25.0 Å². The summed E-state index contributed by atoms with van der Waals surface area (Å²) in [5.74, 6) is 0.893. The highest BCUT2D eigenvalue weighted by Crippen LogP contribution is 2.21. The van der Waals surface area contributed by atoms with Crippen LogP contribution in [0.15, 0.2) is 36.7 Å². The van der Waals surface area contributed by atoms with Gasteiger partial charge in [0.05, 0.1) is 0 Å². The summed E-state index contributed by atoms with van der Waals surface area (Å²) in [5.41, 5.74) is 1.83. The number of hydrogen-bond donors (Lipinski definition) is 1. The number of benzene rings is 1. The Hall–Kier alpha value is -2.14. The third-order valence-electron chi connectivity index (χ3n) is 4.26. The molecule has 1 amide bonds. The zero-order valence-electron chi connectivity index (χ0n) is 13.7. The van der Waals surface area contributed by atoms with Gasteiger partial charge in [0.25, 0.3) is 0 Å². The van der Waals surface area contributed by atoms with Gasteiger partial charge in [0.2, 0.25) is 5.91 Å². The zero-order valence-corrected chi connectivity index (χ0v) is 13.7. The molecule has 0 radical (unpaired) electrons. The van der Waals surface area contributed by atoms with E-state index < -0.39 is 0 Å². The van der Waals surface area contributed by atoms with Gasteiger partial charge in [0.1, 0.15) is 5.82 Å². The molecule has 1 N–H and O–H groups in total. The first kappa shape index (κ1) is 15.7. The molecule has 0 saturated carbocycles. The second-order valence-electron chi connectivity index (χ2n) is 6.11. The summed E-state index contributed by atoms with van der Waals surface area (Å²) < 4.78 is 2.20. The minimum absolute atomic E-state index is 0.0596. The molecule has 5 heteroatoms. The van der Waals surface area contributed by atoms with Crippen molar-refractivity contribution in [1.29, 1.82) is 0 Å². The monoisotopic (exact) mass is 312 g/mol. The summed E-state index contributed by atoms with van der Waals surface area (Å²) in [6, 6.07) is 7.85. The second-order valence-corrected chi connectivity index (χ2v) is 6.11. The van der Waals surface area contributed by atoms with Crippen LogP contribution in [0.2, 0.25) is 0 Å². The first-order valence-electron chi connectivity index (χ1n) is 8.34. The number of amides is 1. The highest BCUT2D eigenvalue weighted by Gasteiger charge is 2.12. The standard InChI is InChI=1S/C18H24N4O/c1-15(23)20-17-7-5-6-16(14-17)18-19-8-11-22(18)13-12-21-9-3-2-4-10-21/h5-8,11,14H,2-4,9-10,12-13H2,1H3,(H,20,23). The predicted octanol–water partition coefficient (Wildman–Crippen LogP) is 2.99. The quantitative estimate of drug-likeness (QED) is 0.923. The summed E-state index contributed by atoms with van der Waals surface area (Å²) >= 11 is 0. The van der Waals surface area contributed by atoms with Gasteiger partial charge in [0.15, 0.2) is 0 Å². The van der Waals surface area contributed by atoms with Crippen molar-refractivity contribution >= 4 is 11.6 Å². The Morgan fingerprint density at radius 2 is 2.04 bits per heavy atom. The Labute approximate surface area is 137 Å². The highest BCUT2D eigenvalue weighted by molar-refractivity contribution is 5.89. The van der Waals surface area contributed by atoms with Crippen LogP contribution in [0.4, 0.5) is 5.69 Å². The Bertz CT molecular complexity index is 659. The predicted molar refractivity (Wildman–Crippen MR) is 92.3 cm³/mol. The number of nitrogens with one attached hydrogen (secondary N) is 1. The largest absolute Gasteiger partial charge is 0.330 e. The maximum absolute atomic E-state index is 11.2. The molecule has 1 aromatic carbocycles. The molecule has 122 valence electrons. The van der Waals surface area contributed by atoms with Crippen molar-refractivity contribution in [3.63, 3.8) is 0 Å². The molecule has 0 atom stereocenters. The fourth-order valence-electron chi connectivity index (χ4n) is 3.12. The molecule has 0 spiro atoms. The lowest BCUT2D eigenvalue weighted by molar-refractivity contribution is -0.114. The van der Waals surface area contributed by atoms with Gasteiger partial charge in [-0.2, -0.15) is 0 Å². The van der Waals surface area contributed by atoms with Crippen molar-refractivity contribution in [3.8, 4) is 11.4 Å². The van der Waals surface area contributed by atoms with Gasteiger partial charge in [-0.1, -0.05) is 18.6 Å². The first-order valence-corrected chi connectivity index (χ1v) is 8.34. The van der Waals surface area contributed by atoms with Crippen LogP contribution < -0.4 is 5.32 Å². The third kappa shape index (κ3) is 4.20. The number of imidazole rings is 1. The van der Waals surface area contributed by atoms with Gasteiger partial charge < -0.3 is 14.8 Å². The van der Waals surface area contributed by atoms with E-state index in [1.807, 2.05) is 36.7 Å². The molecule has 23 heavy (non-hydrogen) atoms. The van der Waals surface area contributed by atoms with Crippen LogP contribution in [0.5, 0.6) is 0 Å². The van der Waals surface area contributed by atoms with E-state index >= 15 is 0 Å². The van der Waals surface area contributed by atoms with E-state index in [2.05, 4.69) is 19.8 Å². The average molecular weight is 312 g/mol. The molecule has 1 aliphatic heterocycles. The smallest absolute Gasteiger partial charge is 0.221 e. The van der Waals surface area contributed by atoms with Gasteiger partial charge in [-0.3, -0.25) is 4.79 Å². The lowest BCUT2D eigenvalue weighted by Gasteiger charge is -2.26. The number of nitrogens with zero attached hydrogens (tertiary/aromatic N) is 3. The van der Waals surface area contributed by atoms with Gasteiger partial charge in [-0.05, 0) is 38.1 Å². The van der Waals surface area contributed by atoms with Crippen LogP contribution in [0.1, 0.15) is 26.2 Å². The number of rotatable bonds is 5. The highest BCUT2D eigenvalue weighted by atomic mass is 16.1. The molecule has 1 fully saturated rings. The van der Waals surface area contributed by atoms with E-state index in [1.165, 1.54) is 39.3 Å². The second kappa shape index (κ2) is 7.42. The van der Waals surface area contributed by atoms with Crippen molar-refractivity contribution in [2.45, 2.75) is 32.7 Å². The molecule has 0 unspecified atom stereocenters. The van der Waals surface area contributed by atoms with Crippen LogP contribution >= 0.6 is 0 Å². The molecule has 3 rings (SSSR count). The number of likely N-dealkylation sites (tertiary alicyclic amines) is 1. The minimum Gasteiger partial charge on any atom is -0.330 e. The number of hydrogen-bond acceptors (Lipinski definition) is 3. The fourth-order valence-corrected chi connectivity index (χ4v) is 3.12. The lowest BCUT2D eigenvalue weighted by Crippen LogP contribution is -2.32.